The van der Waals surface area contributed by atoms with E-state index in [1.54, 1.807) is 0 Å². The van der Waals surface area contributed by atoms with Crippen molar-refractivity contribution < 1.29 is 0 Å². The Balaban J connectivity index is 2.09. The highest BCUT2D eigenvalue weighted by Gasteiger charge is 1.97. The molecular weight excluding hydrogens is 218 g/mol. The third kappa shape index (κ3) is 2.94. The summed E-state index contributed by atoms with van der Waals surface area (Å²) >= 11 is 6.11. The van der Waals surface area contributed by atoms with Crippen molar-refractivity contribution in [3.05, 3.63) is 71.8 Å². The lowest BCUT2D eigenvalue weighted by Crippen LogP contribution is -1.92. The van der Waals surface area contributed by atoms with Crippen LogP contribution in [0.1, 0.15) is 11.1 Å². The van der Waals surface area contributed by atoms with Gasteiger partial charge in [-0.1, -0.05) is 72.3 Å². The van der Waals surface area contributed by atoms with Gasteiger partial charge < -0.3 is 0 Å². The maximum atomic E-state index is 6.11. The quantitative estimate of drug-likeness (QED) is 0.709. The summed E-state index contributed by atoms with van der Waals surface area (Å²) in [6, 6.07) is 19.9. The van der Waals surface area contributed by atoms with Crippen LogP contribution in [0.4, 0.5) is 0 Å². The Hall–Kier alpha value is -1.60. The molecule has 0 radical (unpaired) electrons. The largest absolute Gasteiger partial charge is 0.268 e. The molecule has 16 heavy (non-hydrogen) atoms. The van der Waals surface area contributed by atoms with Crippen molar-refractivity contribution in [3.63, 3.8) is 0 Å². The van der Waals surface area contributed by atoms with Gasteiger partial charge in [-0.3, -0.25) is 4.99 Å². The topological polar surface area (TPSA) is 12.4 Å². The summed E-state index contributed by atoms with van der Waals surface area (Å²) in [5.41, 5.74) is 2.12. The standard InChI is InChI=1S/C14H12ClN/c15-14(13-9-5-2-6-10-13)16-11-12-7-3-1-4-8-12/h1-10H,11H2/b16-14-. The third-order valence-corrected chi connectivity index (χ3v) is 2.59. The molecule has 0 bridgehead atoms. The second kappa shape index (κ2) is 5.47. The van der Waals surface area contributed by atoms with E-state index in [4.69, 9.17) is 11.6 Å². The molecule has 0 aliphatic heterocycles. The SMILES string of the molecule is Cl/C(=N\Cc1ccccc1)c1ccccc1. The van der Waals surface area contributed by atoms with Crippen molar-refractivity contribution in [2.24, 2.45) is 4.99 Å². The number of rotatable bonds is 3. The fourth-order valence-corrected chi connectivity index (χ4v) is 1.60. The molecule has 0 aliphatic rings. The molecule has 0 heterocycles. The highest BCUT2D eigenvalue weighted by molar-refractivity contribution is 6.69. The summed E-state index contributed by atoms with van der Waals surface area (Å²) in [6.07, 6.45) is 0. The molecule has 0 atom stereocenters. The van der Waals surface area contributed by atoms with Crippen LogP contribution in [-0.2, 0) is 6.54 Å². The monoisotopic (exact) mass is 229 g/mol. The van der Waals surface area contributed by atoms with Crippen LogP contribution in [0.3, 0.4) is 0 Å². The van der Waals surface area contributed by atoms with Crippen molar-refractivity contribution >= 4 is 16.8 Å². The first-order valence-corrected chi connectivity index (χ1v) is 5.53. The van der Waals surface area contributed by atoms with E-state index in [1.807, 2.05) is 60.7 Å². The minimum absolute atomic E-state index is 0.560. The molecule has 2 aromatic carbocycles. The lowest BCUT2D eigenvalue weighted by molar-refractivity contribution is 1.07. The first-order chi connectivity index (χ1) is 7.86. The number of halogens is 1. The average Bonchev–Trinajstić information content (AvgIpc) is 2.38. The Kier molecular flexibility index (Phi) is 3.73. The molecule has 80 valence electrons. The normalized spacial score (nSPS) is 11.4. The Morgan fingerprint density at radius 1 is 0.875 bits per heavy atom. The lowest BCUT2D eigenvalue weighted by Gasteiger charge is -1.99. The molecule has 0 N–H and O–H groups in total. The van der Waals surface area contributed by atoms with Crippen LogP contribution >= 0.6 is 11.6 Å². The molecule has 2 rings (SSSR count). The number of hydrogen-bond donors (Lipinski definition) is 0. The summed E-state index contributed by atoms with van der Waals surface area (Å²) in [5.74, 6) is 0. The first-order valence-electron chi connectivity index (χ1n) is 5.15. The van der Waals surface area contributed by atoms with E-state index in [2.05, 4.69) is 4.99 Å². The van der Waals surface area contributed by atoms with Crippen LogP contribution in [0.2, 0.25) is 0 Å². The minimum Gasteiger partial charge on any atom is -0.268 e. The summed E-state index contributed by atoms with van der Waals surface area (Å²) in [7, 11) is 0. The van der Waals surface area contributed by atoms with Gasteiger partial charge in [-0.2, -0.15) is 0 Å². The van der Waals surface area contributed by atoms with Gasteiger partial charge >= 0.3 is 0 Å². The molecule has 0 aliphatic carbocycles. The Morgan fingerprint density at radius 2 is 1.44 bits per heavy atom. The molecule has 2 aromatic rings. The molecule has 0 fully saturated rings. The van der Waals surface area contributed by atoms with E-state index in [9.17, 15) is 0 Å². The Labute approximate surface area is 100 Å². The van der Waals surface area contributed by atoms with E-state index >= 15 is 0 Å². The minimum atomic E-state index is 0.560. The van der Waals surface area contributed by atoms with Crippen molar-refractivity contribution in [3.8, 4) is 0 Å². The zero-order valence-corrected chi connectivity index (χ0v) is 9.56. The number of benzene rings is 2. The maximum Gasteiger partial charge on any atom is 0.131 e. The highest BCUT2D eigenvalue weighted by atomic mass is 35.5. The van der Waals surface area contributed by atoms with Crippen LogP contribution in [0.15, 0.2) is 65.7 Å². The van der Waals surface area contributed by atoms with Crippen molar-refractivity contribution in [1.82, 2.24) is 0 Å². The molecule has 0 aromatic heterocycles. The number of hydrogen-bond acceptors (Lipinski definition) is 1. The van der Waals surface area contributed by atoms with Crippen LogP contribution in [-0.4, -0.2) is 5.17 Å². The van der Waals surface area contributed by atoms with Crippen LogP contribution in [0.25, 0.3) is 0 Å². The summed E-state index contributed by atoms with van der Waals surface area (Å²) in [5, 5.41) is 0.560. The molecule has 0 unspecified atom stereocenters. The highest BCUT2D eigenvalue weighted by Crippen LogP contribution is 2.07. The van der Waals surface area contributed by atoms with Gasteiger partial charge in [-0.15, -0.1) is 0 Å². The smallest absolute Gasteiger partial charge is 0.131 e. The van der Waals surface area contributed by atoms with Gasteiger partial charge in [0.15, 0.2) is 0 Å². The summed E-state index contributed by atoms with van der Waals surface area (Å²) in [4.78, 5) is 4.35. The maximum absolute atomic E-state index is 6.11. The van der Waals surface area contributed by atoms with E-state index in [1.165, 1.54) is 0 Å². The first kappa shape index (κ1) is 10.9. The third-order valence-electron chi connectivity index (χ3n) is 2.26. The molecule has 0 saturated heterocycles. The van der Waals surface area contributed by atoms with Crippen LogP contribution < -0.4 is 0 Å². The van der Waals surface area contributed by atoms with Gasteiger partial charge in [0.1, 0.15) is 5.17 Å². The van der Waals surface area contributed by atoms with E-state index < -0.39 is 0 Å². The molecular formula is C14H12ClN. The molecule has 0 amide bonds. The van der Waals surface area contributed by atoms with Gasteiger partial charge in [-0.25, -0.2) is 0 Å². The van der Waals surface area contributed by atoms with Gasteiger partial charge in [0.05, 0.1) is 6.54 Å². The Bertz CT molecular complexity index is 463. The fourth-order valence-electron chi connectivity index (χ4n) is 1.41. The van der Waals surface area contributed by atoms with Gasteiger partial charge in [0, 0.05) is 5.56 Å². The van der Waals surface area contributed by atoms with E-state index in [0.717, 1.165) is 11.1 Å². The van der Waals surface area contributed by atoms with E-state index in [0.29, 0.717) is 11.7 Å². The zero-order chi connectivity index (χ0) is 11.2. The number of nitrogens with zero attached hydrogens (tertiary/aromatic N) is 1. The molecule has 2 heteroatoms. The molecule has 1 nitrogen and oxygen atoms in total. The second-order valence-corrected chi connectivity index (χ2v) is 3.82. The van der Waals surface area contributed by atoms with Crippen LogP contribution in [0.5, 0.6) is 0 Å². The second-order valence-electron chi connectivity index (χ2n) is 3.46. The van der Waals surface area contributed by atoms with Gasteiger partial charge in [0.25, 0.3) is 0 Å². The van der Waals surface area contributed by atoms with Crippen molar-refractivity contribution in [1.29, 1.82) is 0 Å². The van der Waals surface area contributed by atoms with Gasteiger partial charge in [-0.05, 0) is 5.56 Å². The molecule has 0 saturated carbocycles. The van der Waals surface area contributed by atoms with Crippen LogP contribution in [0, 0.1) is 0 Å². The van der Waals surface area contributed by atoms with Crippen molar-refractivity contribution in [2.75, 3.05) is 0 Å². The lowest BCUT2D eigenvalue weighted by atomic mass is 10.2. The summed E-state index contributed by atoms with van der Waals surface area (Å²) in [6.45, 7) is 0.620. The zero-order valence-electron chi connectivity index (χ0n) is 8.81. The van der Waals surface area contributed by atoms with Crippen molar-refractivity contribution in [2.45, 2.75) is 6.54 Å². The average molecular weight is 230 g/mol. The molecule has 0 spiro atoms. The van der Waals surface area contributed by atoms with Gasteiger partial charge in [0.2, 0.25) is 0 Å². The predicted molar refractivity (Wildman–Crippen MR) is 69.0 cm³/mol. The Morgan fingerprint density at radius 3 is 2.06 bits per heavy atom. The predicted octanol–water partition coefficient (Wildman–Crippen LogP) is 3.87. The van der Waals surface area contributed by atoms with E-state index in [-0.39, 0.29) is 0 Å². The fraction of sp³-hybridized carbons (Fsp3) is 0.0714. The number of aliphatic imine (C=N–C) groups is 1. The summed E-state index contributed by atoms with van der Waals surface area (Å²) < 4.78 is 0.